The van der Waals surface area contributed by atoms with E-state index in [1.54, 1.807) is 11.8 Å². The lowest BCUT2D eigenvalue weighted by molar-refractivity contribution is -0.127. The molecule has 1 amide bonds. The van der Waals surface area contributed by atoms with Gasteiger partial charge in [-0.1, -0.05) is 31.5 Å². The highest BCUT2D eigenvalue weighted by molar-refractivity contribution is 8.00. The first kappa shape index (κ1) is 13.6. The molecule has 0 spiro atoms. The molecule has 6 nitrogen and oxygen atoms in total. The summed E-state index contributed by atoms with van der Waals surface area (Å²) in [4.78, 5) is 12.3. The van der Waals surface area contributed by atoms with Gasteiger partial charge in [-0.05, 0) is 25.7 Å². The lowest BCUT2D eigenvalue weighted by Crippen LogP contribution is -2.50. The molecule has 1 aliphatic carbocycles. The number of fused-ring (bicyclic) bond motifs is 1. The van der Waals surface area contributed by atoms with E-state index in [1.807, 2.05) is 0 Å². The largest absolute Gasteiger partial charge is 0.330 e. The summed E-state index contributed by atoms with van der Waals surface area (Å²) in [5, 5.41) is 5.22. The van der Waals surface area contributed by atoms with Crippen molar-refractivity contribution in [2.45, 2.75) is 56.7 Å². The third kappa shape index (κ3) is 2.90. The second-order valence-electron chi connectivity index (χ2n) is 5.85. The monoisotopic (exact) mass is 285 g/mol. The third-order valence-corrected chi connectivity index (χ3v) is 5.30. The Morgan fingerprint density at radius 3 is 2.89 bits per heavy atom. The zero-order valence-corrected chi connectivity index (χ0v) is 12.3. The van der Waals surface area contributed by atoms with Gasteiger partial charge in [0, 0.05) is 5.92 Å². The maximum absolute atomic E-state index is 12.3. The molecule has 0 aromatic rings. The van der Waals surface area contributed by atoms with Crippen molar-refractivity contribution in [2.75, 3.05) is 0 Å². The molecule has 3 rings (SSSR count). The van der Waals surface area contributed by atoms with E-state index in [-0.39, 0.29) is 29.0 Å². The molecule has 5 atom stereocenters. The van der Waals surface area contributed by atoms with E-state index in [0.29, 0.717) is 5.92 Å². The number of carbonyl (C=O) groups excluding carboxylic acids is 1. The van der Waals surface area contributed by atoms with Crippen LogP contribution in [0, 0.1) is 11.8 Å². The Morgan fingerprint density at radius 1 is 1.32 bits per heavy atom. The van der Waals surface area contributed by atoms with Crippen LogP contribution in [0.15, 0.2) is 0 Å². The van der Waals surface area contributed by atoms with Crippen LogP contribution in [0.5, 0.6) is 0 Å². The second kappa shape index (κ2) is 5.57. The van der Waals surface area contributed by atoms with Gasteiger partial charge in [0.2, 0.25) is 5.91 Å². The van der Waals surface area contributed by atoms with Crippen LogP contribution in [0.3, 0.4) is 0 Å². The van der Waals surface area contributed by atoms with Gasteiger partial charge in [0.1, 0.15) is 11.0 Å². The summed E-state index contributed by atoms with van der Waals surface area (Å²) in [6, 6.07) is 0. The Balaban J connectivity index is 1.50. The first-order valence-corrected chi connectivity index (χ1v) is 8.09. The molecule has 2 heterocycles. The van der Waals surface area contributed by atoms with Gasteiger partial charge in [0.25, 0.3) is 0 Å². The van der Waals surface area contributed by atoms with E-state index in [2.05, 4.69) is 40.5 Å². The number of nitrogens with zero attached hydrogens (tertiary/aromatic N) is 1. The highest BCUT2D eigenvalue weighted by atomic mass is 32.2. The van der Waals surface area contributed by atoms with Gasteiger partial charge in [0.15, 0.2) is 0 Å². The summed E-state index contributed by atoms with van der Waals surface area (Å²) in [5.41, 5.74) is 9.82. The number of carbonyl (C=O) groups is 1. The molecule has 0 aromatic carbocycles. The van der Waals surface area contributed by atoms with Crippen molar-refractivity contribution in [3.05, 3.63) is 0 Å². The molecule has 2 saturated heterocycles. The SMILES string of the molecule is CC1CCCC(C(=O)NC2NN3C(C)NNC3S2)C1. The number of nitrogens with one attached hydrogen (secondary N) is 4. The first-order valence-electron chi connectivity index (χ1n) is 7.15. The van der Waals surface area contributed by atoms with Crippen molar-refractivity contribution in [1.29, 1.82) is 0 Å². The van der Waals surface area contributed by atoms with E-state index in [9.17, 15) is 4.79 Å². The van der Waals surface area contributed by atoms with E-state index in [4.69, 9.17) is 0 Å². The number of rotatable bonds is 2. The van der Waals surface area contributed by atoms with Gasteiger partial charge in [-0.15, -0.1) is 0 Å². The summed E-state index contributed by atoms with van der Waals surface area (Å²) in [6.07, 6.45) is 4.75. The van der Waals surface area contributed by atoms with Gasteiger partial charge in [0.05, 0.1) is 6.17 Å². The minimum atomic E-state index is -0.0215. The average molecular weight is 285 g/mol. The smallest absolute Gasteiger partial charge is 0.225 e. The molecule has 0 radical (unpaired) electrons. The minimum absolute atomic E-state index is 0.0215. The summed E-state index contributed by atoms with van der Waals surface area (Å²) in [6.45, 7) is 4.32. The molecule has 7 heteroatoms. The van der Waals surface area contributed by atoms with Crippen molar-refractivity contribution in [3.63, 3.8) is 0 Å². The van der Waals surface area contributed by atoms with E-state index < -0.39 is 0 Å². The van der Waals surface area contributed by atoms with Crippen molar-refractivity contribution in [3.8, 4) is 0 Å². The van der Waals surface area contributed by atoms with E-state index in [0.717, 1.165) is 12.8 Å². The molecule has 1 saturated carbocycles. The molecular weight excluding hydrogens is 262 g/mol. The molecule has 3 aliphatic rings. The summed E-state index contributed by atoms with van der Waals surface area (Å²) in [7, 11) is 0. The predicted molar refractivity (Wildman–Crippen MR) is 75.1 cm³/mol. The number of hydrogen-bond donors (Lipinski definition) is 4. The fourth-order valence-electron chi connectivity index (χ4n) is 3.09. The zero-order valence-electron chi connectivity index (χ0n) is 11.5. The summed E-state index contributed by atoms with van der Waals surface area (Å²) in [5.74, 6) is 1.09. The van der Waals surface area contributed by atoms with Crippen LogP contribution in [0.1, 0.15) is 39.5 Å². The lowest BCUT2D eigenvalue weighted by atomic mass is 9.82. The first-order chi connectivity index (χ1) is 9.13. The highest BCUT2D eigenvalue weighted by Crippen LogP contribution is 2.30. The normalized spacial score (nSPS) is 43.2. The van der Waals surface area contributed by atoms with Gasteiger partial charge in [-0.25, -0.2) is 16.3 Å². The maximum Gasteiger partial charge on any atom is 0.225 e. The van der Waals surface area contributed by atoms with Gasteiger partial charge in [-0.3, -0.25) is 4.79 Å². The predicted octanol–water partition coefficient (Wildman–Crippen LogP) is 0.503. The Morgan fingerprint density at radius 2 is 2.16 bits per heavy atom. The zero-order chi connectivity index (χ0) is 13.4. The third-order valence-electron chi connectivity index (χ3n) is 4.20. The van der Waals surface area contributed by atoms with Crippen LogP contribution >= 0.6 is 11.8 Å². The molecule has 0 bridgehead atoms. The fraction of sp³-hybridized carbons (Fsp3) is 0.917. The topological polar surface area (TPSA) is 68.4 Å². The fourth-order valence-corrected chi connectivity index (χ4v) is 4.23. The van der Waals surface area contributed by atoms with Crippen molar-refractivity contribution in [2.24, 2.45) is 11.8 Å². The molecule has 0 aromatic heterocycles. The van der Waals surface area contributed by atoms with Crippen molar-refractivity contribution < 1.29 is 4.79 Å². The summed E-state index contributed by atoms with van der Waals surface area (Å²) >= 11 is 1.69. The Bertz CT molecular complexity index is 355. The van der Waals surface area contributed by atoms with Crippen LogP contribution in [0.2, 0.25) is 0 Å². The maximum atomic E-state index is 12.3. The van der Waals surface area contributed by atoms with Crippen molar-refractivity contribution >= 4 is 17.7 Å². The average Bonchev–Trinajstić information content (AvgIpc) is 2.92. The standard InChI is InChI=1S/C12H23N5OS/c1-7-4-3-5-9(6-7)10(18)13-11-16-17-8(2)14-15-12(17)19-11/h7-9,11-12,14-16H,3-6H2,1-2H3,(H,13,18). The van der Waals surface area contributed by atoms with Crippen LogP contribution in [-0.2, 0) is 4.79 Å². The number of amides is 1. The number of hydrogen-bond acceptors (Lipinski definition) is 6. The number of hydrazine groups is 2. The van der Waals surface area contributed by atoms with Crippen LogP contribution < -0.4 is 21.6 Å². The number of thioether (sulfide) groups is 1. The van der Waals surface area contributed by atoms with E-state index >= 15 is 0 Å². The van der Waals surface area contributed by atoms with Crippen LogP contribution in [-0.4, -0.2) is 28.1 Å². The second-order valence-corrected chi connectivity index (χ2v) is 7.04. The lowest BCUT2D eigenvalue weighted by Gasteiger charge is -2.27. The molecule has 3 fully saturated rings. The molecule has 4 N–H and O–H groups in total. The molecule has 108 valence electrons. The Kier molecular flexibility index (Phi) is 4.00. The van der Waals surface area contributed by atoms with Crippen molar-refractivity contribution in [1.82, 2.24) is 26.6 Å². The Labute approximate surface area is 118 Å². The quantitative estimate of drug-likeness (QED) is 0.592. The molecule has 5 unspecified atom stereocenters. The molecule has 2 aliphatic heterocycles. The van der Waals surface area contributed by atoms with Gasteiger partial charge in [-0.2, -0.15) is 5.01 Å². The van der Waals surface area contributed by atoms with Gasteiger partial charge < -0.3 is 5.32 Å². The van der Waals surface area contributed by atoms with Crippen LogP contribution in [0.4, 0.5) is 0 Å². The highest BCUT2D eigenvalue weighted by Gasteiger charge is 2.40. The van der Waals surface area contributed by atoms with E-state index in [1.165, 1.54) is 12.8 Å². The minimum Gasteiger partial charge on any atom is -0.330 e. The van der Waals surface area contributed by atoms with Gasteiger partial charge >= 0.3 is 0 Å². The molecule has 19 heavy (non-hydrogen) atoms. The van der Waals surface area contributed by atoms with Crippen LogP contribution in [0.25, 0.3) is 0 Å². The summed E-state index contributed by atoms with van der Waals surface area (Å²) < 4.78 is 0. The molecular formula is C12H23N5OS. The Hall–Kier alpha value is -0.340.